The number of imidazole rings is 1. The maximum atomic E-state index is 4.40. The molecule has 0 bridgehead atoms. The zero-order chi connectivity index (χ0) is 9.26. The van der Waals surface area contributed by atoms with E-state index in [2.05, 4.69) is 23.8 Å². The molecule has 0 saturated heterocycles. The lowest BCUT2D eigenvalue weighted by Crippen LogP contribution is -2.14. The molecule has 2 nitrogen and oxygen atoms in total. The third-order valence-corrected chi connectivity index (χ3v) is 2.98. The second kappa shape index (κ2) is 3.52. The van der Waals surface area contributed by atoms with Crippen LogP contribution in [-0.2, 0) is 6.42 Å². The summed E-state index contributed by atoms with van der Waals surface area (Å²) in [5.41, 5.74) is 1.27. The number of aromatic nitrogens is 2. The topological polar surface area (TPSA) is 28.7 Å². The van der Waals surface area contributed by atoms with Crippen LogP contribution < -0.4 is 0 Å². The Hall–Kier alpha value is -0.790. The van der Waals surface area contributed by atoms with E-state index in [1.807, 2.05) is 6.20 Å². The van der Waals surface area contributed by atoms with E-state index >= 15 is 0 Å². The van der Waals surface area contributed by atoms with Crippen molar-refractivity contribution in [3.63, 3.8) is 0 Å². The minimum Gasteiger partial charge on any atom is -0.346 e. The Morgan fingerprint density at radius 1 is 1.54 bits per heavy atom. The number of rotatable bonds is 3. The van der Waals surface area contributed by atoms with E-state index in [-0.39, 0.29) is 0 Å². The molecule has 1 N–H and O–H groups in total. The van der Waals surface area contributed by atoms with Crippen LogP contribution in [0.2, 0.25) is 0 Å². The summed E-state index contributed by atoms with van der Waals surface area (Å²) in [5, 5.41) is 0. The Bertz CT molecular complexity index is 271. The Morgan fingerprint density at radius 2 is 2.31 bits per heavy atom. The van der Waals surface area contributed by atoms with Crippen molar-refractivity contribution < 1.29 is 0 Å². The van der Waals surface area contributed by atoms with E-state index in [0.29, 0.717) is 5.92 Å². The molecule has 0 amide bonds. The van der Waals surface area contributed by atoms with Gasteiger partial charge < -0.3 is 4.98 Å². The lowest BCUT2D eigenvalue weighted by Gasteiger charge is -2.23. The molecule has 0 unspecified atom stereocenters. The average Bonchev–Trinajstić information content (AvgIpc) is 2.44. The molecule has 0 spiro atoms. The van der Waals surface area contributed by atoms with Crippen molar-refractivity contribution in [3.8, 4) is 0 Å². The first-order valence-electron chi connectivity index (χ1n) is 5.29. The average molecular weight is 178 g/mol. The molecule has 13 heavy (non-hydrogen) atoms. The van der Waals surface area contributed by atoms with Crippen LogP contribution in [0.25, 0.3) is 0 Å². The molecule has 1 aliphatic rings. The molecule has 0 aromatic carbocycles. The SMILES string of the molecule is CC(C)c1cnc(CC2CCC2)[nH]1. The van der Waals surface area contributed by atoms with Gasteiger partial charge in [0.15, 0.2) is 0 Å². The van der Waals surface area contributed by atoms with Gasteiger partial charge in [0.25, 0.3) is 0 Å². The maximum absolute atomic E-state index is 4.40. The largest absolute Gasteiger partial charge is 0.346 e. The molecule has 0 aliphatic heterocycles. The Balaban J connectivity index is 1.96. The summed E-state index contributed by atoms with van der Waals surface area (Å²) in [6.45, 7) is 4.39. The molecule has 1 aromatic heterocycles. The van der Waals surface area contributed by atoms with Gasteiger partial charge in [-0.1, -0.05) is 33.1 Å². The lowest BCUT2D eigenvalue weighted by molar-refractivity contribution is 0.310. The Kier molecular flexibility index (Phi) is 2.38. The smallest absolute Gasteiger partial charge is 0.106 e. The highest BCUT2D eigenvalue weighted by atomic mass is 14.9. The molecule has 1 saturated carbocycles. The Labute approximate surface area is 79.8 Å². The van der Waals surface area contributed by atoms with Crippen molar-refractivity contribution in [2.45, 2.75) is 45.4 Å². The summed E-state index contributed by atoms with van der Waals surface area (Å²) in [4.78, 5) is 7.80. The van der Waals surface area contributed by atoms with Crippen molar-refractivity contribution in [1.82, 2.24) is 9.97 Å². The number of aromatic amines is 1. The molecule has 1 aromatic rings. The highest BCUT2D eigenvalue weighted by Crippen LogP contribution is 2.29. The van der Waals surface area contributed by atoms with Crippen LogP contribution in [0.5, 0.6) is 0 Å². The zero-order valence-corrected chi connectivity index (χ0v) is 8.51. The predicted octanol–water partition coefficient (Wildman–Crippen LogP) is 2.88. The van der Waals surface area contributed by atoms with E-state index < -0.39 is 0 Å². The second-order valence-electron chi connectivity index (χ2n) is 4.44. The summed E-state index contributed by atoms with van der Waals surface area (Å²) in [7, 11) is 0. The molecule has 2 rings (SSSR count). The fraction of sp³-hybridized carbons (Fsp3) is 0.727. The van der Waals surface area contributed by atoms with Crippen molar-refractivity contribution >= 4 is 0 Å². The van der Waals surface area contributed by atoms with Crippen molar-refractivity contribution in [2.75, 3.05) is 0 Å². The highest BCUT2D eigenvalue weighted by molar-refractivity contribution is 5.06. The number of nitrogens with zero attached hydrogens (tertiary/aromatic N) is 1. The summed E-state index contributed by atoms with van der Waals surface area (Å²) in [6, 6.07) is 0. The summed E-state index contributed by atoms with van der Waals surface area (Å²) in [5.74, 6) is 2.67. The van der Waals surface area contributed by atoms with E-state index in [1.54, 1.807) is 0 Å². The molecule has 72 valence electrons. The monoisotopic (exact) mass is 178 g/mol. The zero-order valence-electron chi connectivity index (χ0n) is 8.51. The summed E-state index contributed by atoms with van der Waals surface area (Å²) in [6.07, 6.45) is 7.36. The van der Waals surface area contributed by atoms with Gasteiger partial charge in [-0.15, -0.1) is 0 Å². The standard InChI is InChI=1S/C11H18N2/c1-8(2)10-7-12-11(13-10)6-9-4-3-5-9/h7-9H,3-6H2,1-2H3,(H,12,13). The van der Waals surface area contributed by atoms with Gasteiger partial charge in [0, 0.05) is 18.3 Å². The fourth-order valence-corrected chi connectivity index (χ4v) is 1.75. The van der Waals surface area contributed by atoms with Crippen LogP contribution in [0.3, 0.4) is 0 Å². The third-order valence-electron chi connectivity index (χ3n) is 2.98. The second-order valence-corrected chi connectivity index (χ2v) is 4.44. The van der Waals surface area contributed by atoms with Crippen LogP contribution in [0.1, 0.15) is 50.5 Å². The lowest BCUT2D eigenvalue weighted by atomic mass is 9.83. The van der Waals surface area contributed by atoms with Gasteiger partial charge in [0.05, 0.1) is 0 Å². The molecule has 0 radical (unpaired) electrons. The molecule has 1 aliphatic carbocycles. The first-order chi connectivity index (χ1) is 6.25. The van der Waals surface area contributed by atoms with E-state index in [4.69, 9.17) is 0 Å². The van der Waals surface area contributed by atoms with Crippen LogP contribution in [-0.4, -0.2) is 9.97 Å². The maximum Gasteiger partial charge on any atom is 0.106 e. The molecular weight excluding hydrogens is 160 g/mol. The minimum absolute atomic E-state index is 0.572. The predicted molar refractivity (Wildman–Crippen MR) is 53.7 cm³/mol. The number of hydrogen-bond donors (Lipinski definition) is 1. The van der Waals surface area contributed by atoms with Crippen LogP contribution >= 0.6 is 0 Å². The van der Waals surface area contributed by atoms with E-state index in [0.717, 1.165) is 12.3 Å². The van der Waals surface area contributed by atoms with Crippen LogP contribution in [0.15, 0.2) is 6.20 Å². The van der Waals surface area contributed by atoms with Crippen molar-refractivity contribution in [2.24, 2.45) is 5.92 Å². The summed E-state index contributed by atoms with van der Waals surface area (Å²) < 4.78 is 0. The van der Waals surface area contributed by atoms with Gasteiger partial charge in [-0.05, 0) is 11.8 Å². The van der Waals surface area contributed by atoms with Crippen molar-refractivity contribution in [3.05, 3.63) is 17.7 Å². The first-order valence-corrected chi connectivity index (χ1v) is 5.29. The molecule has 1 heterocycles. The van der Waals surface area contributed by atoms with Gasteiger partial charge in [-0.2, -0.15) is 0 Å². The number of hydrogen-bond acceptors (Lipinski definition) is 1. The number of nitrogens with one attached hydrogen (secondary N) is 1. The third kappa shape index (κ3) is 1.93. The molecule has 2 heteroatoms. The summed E-state index contributed by atoms with van der Waals surface area (Å²) >= 11 is 0. The van der Waals surface area contributed by atoms with E-state index in [1.165, 1.54) is 30.8 Å². The minimum atomic E-state index is 0.572. The molecule has 0 atom stereocenters. The molecule has 1 fully saturated rings. The van der Waals surface area contributed by atoms with Gasteiger partial charge >= 0.3 is 0 Å². The van der Waals surface area contributed by atoms with Gasteiger partial charge in [-0.3, -0.25) is 0 Å². The normalized spacial score (nSPS) is 17.8. The highest BCUT2D eigenvalue weighted by Gasteiger charge is 2.19. The van der Waals surface area contributed by atoms with E-state index in [9.17, 15) is 0 Å². The Morgan fingerprint density at radius 3 is 2.77 bits per heavy atom. The van der Waals surface area contributed by atoms with Gasteiger partial charge in [0.2, 0.25) is 0 Å². The van der Waals surface area contributed by atoms with Crippen LogP contribution in [0, 0.1) is 5.92 Å². The molecular formula is C11H18N2. The van der Waals surface area contributed by atoms with Crippen LogP contribution in [0.4, 0.5) is 0 Å². The van der Waals surface area contributed by atoms with Crippen molar-refractivity contribution in [1.29, 1.82) is 0 Å². The fourth-order valence-electron chi connectivity index (χ4n) is 1.75. The quantitative estimate of drug-likeness (QED) is 0.757. The number of H-pyrrole nitrogens is 1. The van der Waals surface area contributed by atoms with Gasteiger partial charge in [-0.25, -0.2) is 4.98 Å². The van der Waals surface area contributed by atoms with Gasteiger partial charge in [0.1, 0.15) is 5.82 Å². The first kappa shape index (κ1) is 8.79.